The summed E-state index contributed by atoms with van der Waals surface area (Å²) in [5, 5.41) is 9.09. The molecule has 0 saturated carbocycles. The number of oxazole rings is 1. The maximum absolute atomic E-state index is 12.6. The lowest BCUT2D eigenvalue weighted by atomic mass is 10.2. The molecule has 2 aromatic heterocycles. The number of likely N-dealkylation sites (tertiary alicyclic amines) is 1. The van der Waals surface area contributed by atoms with Crippen LogP contribution < -0.4 is 0 Å². The molecule has 29 heavy (non-hydrogen) atoms. The van der Waals surface area contributed by atoms with Crippen LogP contribution in [0, 0.1) is 0 Å². The number of fused-ring (bicyclic) bond motifs is 1. The fourth-order valence-electron chi connectivity index (χ4n) is 3.51. The Balaban J connectivity index is 1.19. The Bertz CT molecular complexity index is 1110. The van der Waals surface area contributed by atoms with Crippen LogP contribution in [0.5, 0.6) is 0 Å². The van der Waals surface area contributed by atoms with E-state index >= 15 is 0 Å². The zero-order valence-electron chi connectivity index (χ0n) is 15.6. The molecule has 5 rings (SSSR count). The summed E-state index contributed by atoms with van der Waals surface area (Å²) >= 11 is 1.34. The van der Waals surface area contributed by atoms with Crippen molar-refractivity contribution in [2.75, 3.05) is 18.8 Å². The molecule has 1 atom stereocenters. The van der Waals surface area contributed by atoms with Crippen LogP contribution in [-0.4, -0.2) is 49.6 Å². The molecule has 2 aromatic carbocycles. The summed E-state index contributed by atoms with van der Waals surface area (Å²) in [7, 11) is 0. The molecule has 8 heteroatoms. The summed E-state index contributed by atoms with van der Waals surface area (Å²) in [5.41, 5.74) is 3.44. The molecule has 1 fully saturated rings. The zero-order valence-corrected chi connectivity index (χ0v) is 16.5. The molecular formula is C21H19N5O2S. The van der Waals surface area contributed by atoms with Crippen molar-refractivity contribution in [2.24, 2.45) is 0 Å². The highest BCUT2D eigenvalue weighted by Crippen LogP contribution is 2.26. The molecule has 0 radical (unpaired) electrons. The monoisotopic (exact) mass is 405 g/mol. The first-order valence-corrected chi connectivity index (χ1v) is 10.5. The molecule has 0 N–H and O–H groups in total. The minimum Gasteiger partial charge on any atom is -0.431 e. The lowest BCUT2D eigenvalue weighted by molar-refractivity contribution is -0.127. The van der Waals surface area contributed by atoms with Gasteiger partial charge in [-0.1, -0.05) is 59.4 Å². The number of thioether (sulfide) groups is 1. The van der Waals surface area contributed by atoms with Gasteiger partial charge in [0.2, 0.25) is 5.91 Å². The van der Waals surface area contributed by atoms with E-state index < -0.39 is 0 Å². The minimum atomic E-state index is 0.0863. The summed E-state index contributed by atoms with van der Waals surface area (Å²) in [6.45, 7) is 1.36. The fraction of sp³-hybridized carbons (Fsp3) is 0.238. The van der Waals surface area contributed by atoms with E-state index in [9.17, 15) is 4.79 Å². The number of carbonyl (C=O) groups is 1. The summed E-state index contributed by atoms with van der Waals surface area (Å²) in [6, 6.07) is 17.7. The maximum Gasteiger partial charge on any atom is 0.257 e. The van der Waals surface area contributed by atoms with Gasteiger partial charge in [-0.15, -0.1) is 5.10 Å². The second kappa shape index (κ2) is 7.71. The van der Waals surface area contributed by atoms with Crippen molar-refractivity contribution >= 4 is 28.8 Å². The van der Waals surface area contributed by atoms with E-state index in [1.807, 2.05) is 70.4 Å². The number of aromatic nitrogens is 4. The van der Waals surface area contributed by atoms with Crippen molar-refractivity contribution in [1.29, 1.82) is 0 Å². The average molecular weight is 405 g/mol. The van der Waals surface area contributed by atoms with Gasteiger partial charge in [-0.3, -0.25) is 4.79 Å². The Labute approximate surface area is 171 Å². The summed E-state index contributed by atoms with van der Waals surface area (Å²) in [6.07, 6.45) is 2.83. The van der Waals surface area contributed by atoms with E-state index in [1.165, 1.54) is 11.8 Å². The Hall–Kier alpha value is -3.13. The van der Waals surface area contributed by atoms with E-state index in [0.717, 1.165) is 35.3 Å². The van der Waals surface area contributed by atoms with E-state index in [0.29, 0.717) is 17.5 Å². The summed E-state index contributed by atoms with van der Waals surface area (Å²) < 4.78 is 7.55. The fourth-order valence-corrected chi connectivity index (χ4v) is 4.25. The van der Waals surface area contributed by atoms with Crippen LogP contribution in [0.25, 0.3) is 22.4 Å². The van der Waals surface area contributed by atoms with Gasteiger partial charge in [0.1, 0.15) is 11.2 Å². The van der Waals surface area contributed by atoms with Crippen LogP contribution in [0.3, 0.4) is 0 Å². The molecule has 0 aliphatic carbocycles. The third-order valence-electron chi connectivity index (χ3n) is 5.06. The van der Waals surface area contributed by atoms with Gasteiger partial charge in [0.05, 0.1) is 18.0 Å². The first kappa shape index (κ1) is 17.9. The molecule has 0 bridgehead atoms. The molecule has 1 amide bonds. The Morgan fingerprint density at radius 1 is 1.14 bits per heavy atom. The van der Waals surface area contributed by atoms with Crippen LogP contribution >= 0.6 is 11.8 Å². The number of rotatable bonds is 5. The molecular weight excluding hydrogens is 386 g/mol. The Morgan fingerprint density at radius 3 is 2.83 bits per heavy atom. The first-order valence-electron chi connectivity index (χ1n) is 9.50. The van der Waals surface area contributed by atoms with Gasteiger partial charge in [0.15, 0.2) is 5.58 Å². The molecule has 1 aliphatic rings. The van der Waals surface area contributed by atoms with E-state index in [2.05, 4.69) is 15.3 Å². The second-order valence-corrected chi connectivity index (χ2v) is 7.89. The number of hydrogen-bond donors (Lipinski definition) is 0. The quantitative estimate of drug-likeness (QED) is 0.472. The smallest absolute Gasteiger partial charge is 0.257 e. The second-order valence-electron chi connectivity index (χ2n) is 6.97. The highest BCUT2D eigenvalue weighted by atomic mass is 32.2. The van der Waals surface area contributed by atoms with Crippen LogP contribution in [0.4, 0.5) is 0 Å². The predicted octanol–water partition coefficient (Wildman–Crippen LogP) is 3.65. The molecule has 7 nitrogen and oxygen atoms in total. The van der Waals surface area contributed by atoms with Crippen molar-refractivity contribution < 1.29 is 9.21 Å². The predicted molar refractivity (Wildman–Crippen MR) is 110 cm³/mol. The number of benzene rings is 2. The van der Waals surface area contributed by atoms with Crippen LogP contribution in [0.1, 0.15) is 12.5 Å². The Kier molecular flexibility index (Phi) is 4.77. The lowest BCUT2D eigenvalue weighted by Crippen LogP contribution is -2.30. The van der Waals surface area contributed by atoms with Crippen molar-refractivity contribution in [3.63, 3.8) is 0 Å². The molecule has 1 saturated heterocycles. The zero-order chi connectivity index (χ0) is 19.6. The molecule has 1 unspecified atom stereocenters. The number of amides is 1. The van der Waals surface area contributed by atoms with Gasteiger partial charge < -0.3 is 9.32 Å². The summed E-state index contributed by atoms with van der Waals surface area (Å²) in [5.74, 6) is 0.398. The average Bonchev–Trinajstić information content (AvgIpc) is 3.51. The van der Waals surface area contributed by atoms with Gasteiger partial charge in [0.25, 0.3) is 5.22 Å². The van der Waals surface area contributed by atoms with Crippen molar-refractivity contribution in [3.05, 3.63) is 60.8 Å². The Morgan fingerprint density at radius 2 is 1.97 bits per heavy atom. The van der Waals surface area contributed by atoms with Gasteiger partial charge in [-0.2, -0.15) is 0 Å². The number of para-hydroxylation sites is 2. The van der Waals surface area contributed by atoms with Crippen LogP contribution in [0.15, 0.2) is 70.4 Å². The first-order chi connectivity index (χ1) is 14.3. The third-order valence-corrected chi connectivity index (χ3v) is 5.88. The number of hydrogen-bond acceptors (Lipinski definition) is 6. The molecule has 146 valence electrons. The van der Waals surface area contributed by atoms with Crippen molar-refractivity contribution in [3.8, 4) is 11.3 Å². The minimum absolute atomic E-state index is 0.0863. The SMILES string of the molecule is O=C(CSc1nc2ccccc2o1)N1CCC(n2cc(-c3ccccc3)nn2)C1. The van der Waals surface area contributed by atoms with Crippen molar-refractivity contribution in [2.45, 2.75) is 17.7 Å². The largest absolute Gasteiger partial charge is 0.431 e. The normalized spacial score (nSPS) is 16.6. The van der Waals surface area contributed by atoms with E-state index in [4.69, 9.17) is 4.42 Å². The lowest BCUT2D eigenvalue weighted by Gasteiger charge is -2.15. The molecule has 0 spiro atoms. The highest BCUT2D eigenvalue weighted by molar-refractivity contribution is 7.99. The molecule has 4 aromatic rings. The highest BCUT2D eigenvalue weighted by Gasteiger charge is 2.28. The summed E-state index contributed by atoms with van der Waals surface area (Å²) in [4.78, 5) is 18.9. The topological polar surface area (TPSA) is 77.0 Å². The van der Waals surface area contributed by atoms with Gasteiger partial charge in [-0.05, 0) is 18.6 Å². The van der Waals surface area contributed by atoms with Gasteiger partial charge in [0, 0.05) is 18.7 Å². The van der Waals surface area contributed by atoms with E-state index in [-0.39, 0.29) is 11.9 Å². The van der Waals surface area contributed by atoms with Gasteiger partial charge >= 0.3 is 0 Å². The van der Waals surface area contributed by atoms with Crippen LogP contribution in [0.2, 0.25) is 0 Å². The molecule has 1 aliphatic heterocycles. The standard InChI is InChI=1S/C21H19N5O2S/c27-20(14-29-21-22-17-8-4-5-9-19(17)28-21)25-11-10-16(12-25)26-13-18(23-24-26)15-6-2-1-3-7-15/h1-9,13,16H,10-12,14H2. The molecule has 3 heterocycles. The number of nitrogens with zero attached hydrogens (tertiary/aromatic N) is 5. The van der Waals surface area contributed by atoms with Crippen LogP contribution in [-0.2, 0) is 4.79 Å². The van der Waals surface area contributed by atoms with Crippen molar-refractivity contribution in [1.82, 2.24) is 24.9 Å². The number of carbonyl (C=O) groups excluding carboxylic acids is 1. The maximum atomic E-state index is 12.6. The third kappa shape index (κ3) is 3.75. The van der Waals surface area contributed by atoms with E-state index in [1.54, 1.807) is 0 Å². The van der Waals surface area contributed by atoms with Gasteiger partial charge in [-0.25, -0.2) is 9.67 Å².